The molecule has 0 saturated heterocycles. The highest BCUT2D eigenvalue weighted by Gasteiger charge is 2.35. The van der Waals surface area contributed by atoms with E-state index in [0.29, 0.717) is 40.5 Å². The molecule has 2 heterocycles. The second-order valence-corrected chi connectivity index (χ2v) is 9.76. The number of hydrogen-bond donors (Lipinski definition) is 3. The van der Waals surface area contributed by atoms with Crippen LogP contribution in [-0.4, -0.2) is 41.5 Å². The van der Waals surface area contributed by atoms with E-state index in [-0.39, 0.29) is 36.9 Å². The number of hydrogen-bond acceptors (Lipinski definition) is 6. The third kappa shape index (κ3) is 5.94. The maximum Gasteiger partial charge on any atom is 0.412 e. The lowest BCUT2D eigenvalue weighted by atomic mass is 9.98. The smallest absolute Gasteiger partial charge is 0.329 e. The van der Waals surface area contributed by atoms with Gasteiger partial charge in [0.25, 0.3) is 5.91 Å². The summed E-state index contributed by atoms with van der Waals surface area (Å²) in [5, 5.41) is 8.28. The zero-order valence-corrected chi connectivity index (χ0v) is 22.6. The number of alkyl halides is 3. The van der Waals surface area contributed by atoms with Crippen molar-refractivity contribution < 1.29 is 27.6 Å². The molecule has 13 heteroatoms. The number of halogens is 3. The molecule has 1 aliphatic heterocycles. The Hall–Kier alpha value is -5.20. The Bertz CT molecular complexity index is 1630. The van der Waals surface area contributed by atoms with Crippen LogP contribution < -0.4 is 25.8 Å². The number of nitrogens with one attached hydrogen (secondary N) is 3. The molecule has 4 amide bonds. The van der Waals surface area contributed by atoms with Crippen molar-refractivity contribution in [3.8, 4) is 0 Å². The number of aryl methyl sites for hydroxylation is 1. The van der Waals surface area contributed by atoms with Gasteiger partial charge in [0.05, 0.1) is 12.2 Å². The van der Waals surface area contributed by atoms with Crippen molar-refractivity contribution >= 4 is 52.9 Å². The van der Waals surface area contributed by atoms with Gasteiger partial charge in [0.2, 0.25) is 12.4 Å². The number of amides is 4. The first-order valence-electron chi connectivity index (χ1n) is 12.9. The van der Waals surface area contributed by atoms with Crippen molar-refractivity contribution in [3.63, 3.8) is 0 Å². The molecule has 42 heavy (non-hydrogen) atoms. The van der Waals surface area contributed by atoms with Gasteiger partial charge in [-0.05, 0) is 61.7 Å². The first kappa shape index (κ1) is 28.3. The molecule has 0 saturated carbocycles. The highest BCUT2D eigenvalue weighted by Crippen LogP contribution is 2.35. The molecule has 1 aliphatic carbocycles. The van der Waals surface area contributed by atoms with E-state index < -0.39 is 17.7 Å². The lowest BCUT2D eigenvalue weighted by Crippen LogP contribution is -2.46. The second-order valence-electron chi connectivity index (χ2n) is 9.76. The number of allylic oxidation sites excluding steroid dienone is 2. The van der Waals surface area contributed by atoms with E-state index in [0.717, 1.165) is 11.6 Å². The fourth-order valence-electron chi connectivity index (χ4n) is 4.71. The van der Waals surface area contributed by atoms with Crippen molar-refractivity contribution in [2.75, 3.05) is 32.8 Å². The van der Waals surface area contributed by atoms with Gasteiger partial charge in [0.15, 0.2) is 0 Å². The number of fused-ring (bicyclic) bond motifs is 1. The molecule has 0 spiro atoms. The van der Waals surface area contributed by atoms with E-state index in [9.17, 15) is 27.6 Å². The Labute approximate surface area is 238 Å². The molecule has 0 radical (unpaired) electrons. The van der Waals surface area contributed by atoms with Crippen molar-refractivity contribution in [2.45, 2.75) is 32.5 Å². The van der Waals surface area contributed by atoms with Gasteiger partial charge in [-0.3, -0.25) is 19.4 Å². The predicted octanol–water partition coefficient (Wildman–Crippen LogP) is 5.82. The van der Waals surface area contributed by atoms with Crippen LogP contribution in [0.15, 0.2) is 72.0 Å². The number of carbonyl (C=O) groups is 3. The quantitative estimate of drug-likeness (QED) is 0.305. The maximum atomic E-state index is 13.5. The summed E-state index contributed by atoms with van der Waals surface area (Å²) in [6, 6.07) is 11.5. The topological polar surface area (TPSA) is 120 Å². The molecule has 10 nitrogen and oxygen atoms in total. The first-order valence-corrected chi connectivity index (χ1v) is 12.9. The van der Waals surface area contributed by atoms with Crippen molar-refractivity contribution in [2.24, 2.45) is 0 Å². The molecule has 3 aromatic rings. The van der Waals surface area contributed by atoms with Crippen molar-refractivity contribution in [1.82, 2.24) is 9.97 Å². The summed E-state index contributed by atoms with van der Waals surface area (Å²) >= 11 is 0. The van der Waals surface area contributed by atoms with Crippen LogP contribution in [0.5, 0.6) is 0 Å². The largest absolute Gasteiger partial charge is 0.412 e. The van der Waals surface area contributed by atoms with E-state index >= 15 is 0 Å². The predicted molar refractivity (Wildman–Crippen MR) is 153 cm³/mol. The zero-order valence-electron chi connectivity index (χ0n) is 22.6. The molecule has 0 fully saturated rings. The average molecular weight is 578 g/mol. The molecule has 3 N–H and O–H groups in total. The highest BCUT2D eigenvalue weighted by molar-refractivity contribution is 6.08. The standard InChI is InChI=1S/C29H26F3N7O3/c1-17-9-10-23(35-26(41)18-5-3-6-20(11-18)29(30,31)32)13-24(17)39-15-19-14-33-27(37-25(19)38(2)28(39)42)36-22-8-4-7-21(12-22)34-16-40/h4-5,7-14,16H,3,6,15H2,1-2H3,(H,34,40)(H,35,41)(H,33,36,37). The van der Waals surface area contributed by atoms with Gasteiger partial charge in [-0.2, -0.15) is 18.2 Å². The summed E-state index contributed by atoms with van der Waals surface area (Å²) in [4.78, 5) is 48.8. The van der Waals surface area contributed by atoms with E-state index in [4.69, 9.17) is 0 Å². The summed E-state index contributed by atoms with van der Waals surface area (Å²) in [6.07, 6.45) is -0.0235. The number of carbonyl (C=O) groups excluding carboxylic acids is 3. The molecular weight excluding hydrogens is 551 g/mol. The Balaban J connectivity index is 1.35. The number of aromatic nitrogens is 2. The lowest BCUT2D eigenvalue weighted by Gasteiger charge is -2.35. The van der Waals surface area contributed by atoms with Gasteiger partial charge in [0, 0.05) is 47.0 Å². The lowest BCUT2D eigenvalue weighted by molar-refractivity contribution is -0.112. The minimum atomic E-state index is -4.49. The van der Waals surface area contributed by atoms with Gasteiger partial charge in [-0.15, -0.1) is 0 Å². The van der Waals surface area contributed by atoms with Gasteiger partial charge < -0.3 is 16.0 Å². The van der Waals surface area contributed by atoms with Crippen LogP contribution in [0.2, 0.25) is 0 Å². The Morgan fingerprint density at radius 2 is 1.88 bits per heavy atom. The van der Waals surface area contributed by atoms with E-state index in [1.807, 2.05) is 6.92 Å². The van der Waals surface area contributed by atoms with Crippen LogP contribution >= 0.6 is 0 Å². The first-order chi connectivity index (χ1) is 20.0. The van der Waals surface area contributed by atoms with E-state index in [1.165, 1.54) is 15.9 Å². The summed E-state index contributed by atoms with van der Waals surface area (Å²) < 4.78 is 39.4. The van der Waals surface area contributed by atoms with Gasteiger partial charge >= 0.3 is 12.2 Å². The SMILES string of the molecule is Cc1ccc(NC(=O)C2=CCCC(C(F)(F)F)=C2)cc1N1Cc2cnc(Nc3cccc(NC=O)c3)nc2N(C)C1=O. The fraction of sp³-hybridized carbons (Fsp3) is 0.207. The molecule has 0 atom stereocenters. The number of rotatable bonds is 7. The third-order valence-electron chi connectivity index (χ3n) is 6.84. The van der Waals surface area contributed by atoms with Crippen LogP contribution in [0.3, 0.4) is 0 Å². The summed E-state index contributed by atoms with van der Waals surface area (Å²) in [6.45, 7) is 1.96. The molecule has 216 valence electrons. The van der Waals surface area contributed by atoms with E-state index in [1.54, 1.807) is 55.7 Å². The molecule has 0 bridgehead atoms. The second kappa shape index (κ2) is 11.4. The summed E-state index contributed by atoms with van der Waals surface area (Å²) in [5.74, 6) is -0.000131. The molecule has 2 aromatic carbocycles. The third-order valence-corrected chi connectivity index (χ3v) is 6.84. The van der Waals surface area contributed by atoms with Crippen molar-refractivity contribution in [3.05, 3.63) is 83.1 Å². The normalized spacial score (nSPS) is 14.9. The monoisotopic (exact) mass is 577 g/mol. The number of urea groups is 1. The van der Waals surface area contributed by atoms with Crippen LogP contribution in [0.25, 0.3) is 0 Å². The van der Waals surface area contributed by atoms with Crippen LogP contribution in [0, 0.1) is 6.92 Å². The van der Waals surface area contributed by atoms with Gasteiger partial charge in [0.1, 0.15) is 5.82 Å². The Kier molecular flexibility index (Phi) is 7.66. The molecule has 2 aliphatic rings. The van der Waals surface area contributed by atoms with Crippen molar-refractivity contribution in [1.29, 1.82) is 0 Å². The maximum absolute atomic E-state index is 13.5. The van der Waals surface area contributed by atoms with Gasteiger partial charge in [-0.1, -0.05) is 18.2 Å². The summed E-state index contributed by atoms with van der Waals surface area (Å²) in [5.41, 5.74) is 2.68. The minimum Gasteiger partial charge on any atom is -0.329 e. The summed E-state index contributed by atoms with van der Waals surface area (Å²) in [7, 11) is 1.58. The fourth-order valence-corrected chi connectivity index (χ4v) is 4.71. The number of benzene rings is 2. The number of anilines is 6. The Morgan fingerprint density at radius 1 is 1.10 bits per heavy atom. The molecule has 5 rings (SSSR count). The highest BCUT2D eigenvalue weighted by atomic mass is 19.4. The Morgan fingerprint density at radius 3 is 2.64 bits per heavy atom. The molecule has 1 aromatic heterocycles. The minimum absolute atomic E-state index is 0.0632. The number of nitrogens with zero attached hydrogens (tertiary/aromatic N) is 4. The van der Waals surface area contributed by atoms with Crippen LogP contribution in [0.4, 0.5) is 52.5 Å². The van der Waals surface area contributed by atoms with E-state index in [2.05, 4.69) is 25.9 Å². The molecular formula is C29H26F3N7O3. The molecule has 0 unspecified atom stereocenters. The average Bonchev–Trinajstić information content (AvgIpc) is 2.96. The zero-order chi connectivity index (χ0) is 30.0. The van der Waals surface area contributed by atoms with Gasteiger partial charge in [-0.25, -0.2) is 9.78 Å². The van der Waals surface area contributed by atoms with Crippen LogP contribution in [-0.2, 0) is 16.1 Å². The van der Waals surface area contributed by atoms with Crippen LogP contribution in [0.1, 0.15) is 24.0 Å².